The van der Waals surface area contributed by atoms with Crippen LogP contribution < -0.4 is 17.0 Å². The van der Waals surface area contributed by atoms with Crippen LogP contribution in [-0.2, 0) is 11.3 Å². The number of carbonyl (C=O) groups excluding carboxylic acids is 1. The number of amides is 1. The van der Waals surface area contributed by atoms with Crippen molar-refractivity contribution >= 4 is 11.6 Å². The summed E-state index contributed by atoms with van der Waals surface area (Å²) in [6, 6.07) is 3.64. The molecule has 100 valence electrons. The molecule has 0 bridgehead atoms. The molecule has 18 heavy (non-hydrogen) atoms. The second-order valence-electron chi connectivity index (χ2n) is 4.71. The lowest BCUT2D eigenvalue weighted by Crippen LogP contribution is -2.36. The standard InChI is InChI=1S/C12H21N5O/c1-9(2)6-17(8-12(13)18)7-11-5-10(16-14)3-4-15-11/h3-5,9H,6-8,14H2,1-2H3,(H2,13,18)(H,15,16). The van der Waals surface area contributed by atoms with Crippen LogP contribution in [0.2, 0.25) is 0 Å². The van der Waals surface area contributed by atoms with Crippen LogP contribution >= 0.6 is 0 Å². The minimum atomic E-state index is -0.330. The van der Waals surface area contributed by atoms with Gasteiger partial charge in [-0.3, -0.25) is 20.5 Å². The van der Waals surface area contributed by atoms with Gasteiger partial charge in [-0.25, -0.2) is 0 Å². The van der Waals surface area contributed by atoms with E-state index in [1.165, 1.54) is 0 Å². The van der Waals surface area contributed by atoms with Gasteiger partial charge in [0.2, 0.25) is 5.91 Å². The van der Waals surface area contributed by atoms with E-state index in [2.05, 4.69) is 24.3 Å². The van der Waals surface area contributed by atoms with Gasteiger partial charge in [0, 0.05) is 19.3 Å². The average molecular weight is 251 g/mol. The summed E-state index contributed by atoms with van der Waals surface area (Å²) in [5, 5.41) is 0. The van der Waals surface area contributed by atoms with Crippen LogP contribution in [0, 0.1) is 5.92 Å². The zero-order valence-corrected chi connectivity index (χ0v) is 10.9. The first-order chi connectivity index (χ1) is 8.51. The molecule has 1 amide bonds. The van der Waals surface area contributed by atoms with Crippen LogP contribution in [0.15, 0.2) is 18.3 Å². The highest BCUT2D eigenvalue weighted by Gasteiger charge is 2.11. The Morgan fingerprint density at radius 1 is 1.56 bits per heavy atom. The molecule has 1 heterocycles. The average Bonchev–Trinajstić information content (AvgIpc) is 2.27. The van der Waals surface area contributed by atoms with Crippen LogP contribution in [-0.4, -0.2) is 28.9 Å². The number of carbonyl (C=O) groups is 1. The number of hydrogen-bond donors (Lipinski definition) is 3. The number of nitrogen functional groups attached to an aromatic ring is 1. The first-order valence-corrected chi connectivity index (χ1v) is 5.93. The van der Waals surface area contributed by atoms with E-state index in [-0.39, 0.29) is 12.5 Å². The third-order valence-electron chi connectivity index (χ3n) is 2.37. The van der Waals surface area contributed by atoms with Gasteiger partial charge in [0.15, 0.2) is 0 Å². The summed E-state index contributed by atoms with van der Waals surface area (Å²) in [5.41, 5.74) is 9.47. The van der Waals surface area contributed by atoms with Gasteiger partial charge in [-0.05, 0) is 18.1 Å². The lowest BCUT2D eigenvalue weighted by molar-refractivity contribution is -0.119. The molecule has 0 fully saturated rings. The summed E-state index contributed by atoms with van der Waals surface area (Å²) in [7, 11) is 0. The number of nitrogens with zero attached hydrogens (tertiary/aromatic N) is 2. The second-order valence-corrected chi connectivity index (χ2v) is 4.71. The normalized spacial score (nSPS) is 10.9. The highest BCUT2D eigenvalue weighted by Crippen LogP contribution is 2.09. The largest absolute Gasteiger partial charge is 0.369 e. The number of aromatic nitrogens is 1. The second kappa shape index (κ2) is 6.93. The van der Waals surface area contributed by atoms with Gasteiger partial charge in [0.05, 0.1) is 17.9 Å². The Hall–Kier alpha value is -1.66. The lowest BCUT2D eigenvalue weighted by Gasteiger charge is -2.22. The molecule has 0 aliphatic rings. The highest BCUT2D eigenvalue weighted by atomic mass is 16.1. The van der Waals surface area contributed by atoms with Crippen LogP contribution in [0.5, 0.6) is 0 Å². The van der Waals surface area contributed by atoms with Crippen molar-refractivity contribution in [1.82, 2.24) is 9.88 Å². The van der Waals surface area contributed by atoms with E-state index in [9.17, 15) is 4.79 Å². The Morgan fingerprint density at radius 3 is 2.83 bits per heavy atom. The minimum absolute atomic E-state index is 0.236. The minimum Gasteiger partial charge on any atom is -0.369 e. The molecule has 0 aliphatic carbocycles. The van der Waals surface area contributed by atoms with Gasteiger partial charge in [0.1, 0.15) is 0 Å². The van der Waals surface area contributed by atoms with Gasteiger partial charge in [-0.15, -0.1) is 0 Å². The van der Waals surface area contributed by atoms with E-state index in [0.717, 1.165) is 17.9 Å². The fourth-order valence-electron chi connectivity index (χ4n) is 1.81. The molecule has 0 aromatic carbocycles. The number of hydrogen-bond acceptors (Lipinski definition) is 5. The third kappa shape index (κ3) is 5.11. The van der Waals surface area contributed by atoms with Crippen LogP contribution in [0.4, 0.5) is 5.69 Å². The zero-order chi connectivity index (χ0) is 13.5. The molecule has 0 atom stereocenters. The molecular formula is C12H21N5O. The number of hydrazine groups is 1. The Bertz CT molecular complexity index is 394. The molecule has 6 heteroatoms. The number of nitrogens with two attached hydrogens (primary N) is 2. The molecule has 1 aromatic rings. The molecule has 6 nitrogen and oxygen atoms in total. The maximum atomic E-state index is 11.0. The number of pyridine rings is 1. The third-order valence-corrected chi connectivity index (χ3v) is 2.37. The Kier molecular flexibility index (Phi) is 5.54. The molecule has 5 N–H and O–H groups in total. The van der Waals surface area contributed by atoms with Gasteiger partial charge >= 0.3 is 0 Å². The molecule has 0 saturated carbocycles. The van der Waals surface area contributed by atoms with E-state index in [1.807, 2.05) is 11.0 Å². The summed E-state index contributed by atoms with van der Waals surface area (Å²) < 4.78 is 0. The molecular weight excluding hydrogens is 230 g/mol. The summed E-state index contributed by atoms with van der Waals surface area (Å²) in [6.07, 6.45) is 1.68. The van der Waals surface area contributed by atoms with Gasteiger partial charge in [0.25, 0.3) is 0 Å². The molecule has 0 aliphatic heterocycles. The van der Waals surface area contributed by atoms with Crippen LogP contribution in [0.1, 0.15) is 19.5 Å². The SMILES string of the molecule is CC(C)CN(CC(N)=O)Cc1cc(NN)ccn1. The van der Waals surface area contributed by atoms with Gasteiger partial charge < -0.3 is 11.2 Å². The molecule has 1 aromatic heterocycles. The molecule has 0 radical (unpaired) electrons. The van der Waals surface area contributed by atoms with Gasteiger partial charge in [-0.2, -0.15) is 0 Å². The molecule has 1 rings (SSSR count). The van der Waals surface area contributed by atoms with Crippen molar-refractivity contribution in [2.75, 3.05) is 18.5 Å². The predicted octanol–water partition coefficient (Wildman–Crippen LogP) is 0.311. The Labute approximate surface area is 107 Å². The van der Waals surface area contributed by atoms with E-state index in [4.69, 9.17) is 11.6 Å². The number of nitrogens with one attached hydrogen (secondary N) is 1. The van der Waals surface area contributed by atoms with Crippen molar-refractivity contribution in [3.8, 4) is 0 Å². The van der Waals surface area contributed by atoms with Crippen molar-refractivity contribution in [3.05, 3.63) is 24.0 Å². The predicted molar refractivity (Wildman–Crippen MR) is 71.4 cm³/mol. The topological polar surface area (TPSA) is 97.3 Å². The quantitative estimate of drug-likeness (QED) is 0.478. The lowest BCUT2D eigenvalue weighted by atomic mass is 10.2. The molecule has 0 unspecified atom stereocenters. The number of anilines is 1. The van der Waals surface area contributed by atoms with E-state index in [1.54, 1.807) is 12.3 Å². The number of rotatable bonds is 7. The summed E-state index contributed by atoms with van der Waals surface area (Å²) in [4.78, 5) is 17.3. The van der Waals surface area contributed by atoms with Crippen molar-refractivity contribution < 1.29 is 4.79 Å². The molecule has 0 saturated heterocycles. The van der Waals surface area contributed by atoms with Crippen molar-refractivity contribution in [1.29, 1.82) is 0 Å². The van der Waals surface area contributed by atoms with Crippen molar-refractivity contribution in [2.45, 2.75) is 20.4 Å². The maximum Gasteiger partial charge on any atom is 0.231 e. The summed E-state index contributed by atoms with van der Waals surface area (Å²) >= 11 is 0. The first kappa shape index (κ1) is 14.4. The summed E-state index contributed by atoms with van der Waals surface area (Å²) in [6.45, 7) is 5.81. The van der Waals surface area contributed by atoms with E-state index < -0.39 is 0 Å². The summed E-state index contributed by atoms with van der Waals surface area (Å²) in [5.74, 6) is 5.47. The Balaban J connectivity index is 2.71. The monoisotopic (exact) mass is 251 g/mol. The van der Waals surface area contributed by atoms with E-state index >= 15 is 0 Å². The van der Waals surface area contributed by atoms with Crippen molar-refractivity contribution in [3.63, 3.8) is 0 Å². The highest BCUT2D eigenvalue weighted by molar-refractivity contribution is 5.75. The van der Waals surface area contributed by atoms with Gasteiger partial charge in [-0.1, -0.05) is 13.8 Å². The Morgan fingerprint density at radius 2 is 2.28 bits per heavy atom. The maximum absolute atomic E-state index is 11.0. The smallest absolute Gasteiger partial charge is 0.231 e. The fraction of sp³-hybridized carbons (Fsp3) is 0.500. The number of primary amides is 1. The molecule has 0 spiro atoms. The van der Waals surface area contributed by atoms with Crippen molar-refractivity contribution in [2.24, 2.45) is 17.5 Å². The fourth-order valence-corrected chi connectivity index (χ4v) is 1.81. The zero-order valence-electron chi connectivity index (χ0n) is 10.9. The van der Waals surface area contributed by atoms with E-state index in [0.29, 0.717) is 12.5 Å². The van der Waals surface area contributed by atoms with Crippen LogP contribution in [0.25, 0.3) is 0 Å². The first-order valence-electron chi connectivity index (χ1n) is 5.93. The van der Waals surface area contributed by atoms with Crippen LogP contribution in [0.3, 0.4) is 0 Å².